The number of nitrogens with zero attached hydrogens (tertiary/aromatic N) is 5. The summed E-state index contributed by atoms with van der Waals surface area (Å²) in [5.41, 5.74) is 0.882. The standard InChI is InChI=1S/C23H21ClF2N6O2/c1-13-3-2-8-31(19(13)12-27-23-30-17-5-4-14(24)9-20(17)34-23)22(33)21-16(26)10-15(25)11-18(21)32-28-6-7-29-32/h4-7,9-11,13,19H,2-3,8,12H2,1H3,(H,27,30). The second kappa shape index (κ2) is 9.02. The topological polar surface area (TPSA) is 89.1 Å². The number of hydrogen-bond donors (Lipinski definition) is 1. The highest BCUT2D eigenvalue weighted by atomic mass is 35.5. The quantitative estimate of drug-likeness (QED) is 0.440. The van der Waals surface area contributed by atoms with E-state index >= 15 is 0 Å². The third-order valence-corrected chi connectivity index (χ3v) is 6.31. The monoisotopic (exact) mass is 486 g/mol. The molecule has 1 N–H and O–H groups in total. The molecule has 2 atom stereocenters. The molecule has 1 amide bonds. The van der Waals surface area contributed by atoms with Crippen molar-refractivity contribution >= 4 is 34.6 Å². The van der Waals surface area contributed by atoms with E-state index in [0.717, 1.165) is 23.7 Å². The number of benzene rings is 2. The van der Waals surface area contributed by atoms with Gasteiger partial charge in [0.15, 0.2) is 5.58 Å². The molecule has 2 unspecified atom stereocenters. The smallest absolute Gasteiger partial charge is 0.295 e. The van der Waals surface area contributed by atoms with E-state index in [-0.39, 0.29) is 23.2 Å². The molecule has 0 bridgehead atoms. The molecule has 3 heterocycles. The molecule has 0 radical (unpaired) electrons. The number of likely N-dealkylation sites (tertiary alicyclic amines) is 1. The van der Waals surface area contributed by atoms with E-state index in [4.69, 9.17) is 16.0 Å². The van der Waals surface area contributed by atoms with Crippen molar-refractivity contribution in [2.75, 3.05) is 18.4 Å². The lowest BCUT2D eigenvalue weighted by Crippen LogP contribution is -2.51. The Balaban J connectivity index is 1.43. The Morgan fingerprint density at radius 1 is 1.24 bits per heavy atom. The van der Waals surface area contributed by atoms with E-state index in [1.807, 2.05) is 6.92 Å². The van der Waals surface area contributed by atoms with Crippen LogP contribution in [0.2, 0.25) is 5.02 Å². The van der Waals surface area contributed by atoms with Crippen LogP contribution in [-0.2, 0) is 0 Å². The average molecular weight is 487 g/mol. The van der Waals surface area contributed by atoms with Gasteiger partial charge in [0.1, 0.15) is 28.4 Å². The largest absolute Gasteiger partial charge is 0.424 e. The highest BCUT2D eigenvalue weighted by Gasteiger charge is 2.35. The lowest BCUT2D eigenvalue weighted by molar-refractivity contribution is 0.0534. The number of halogens is 3. The zero-order valence-electron chi connectivity index (χ0n) is 18.2. The number of piperidine rings is 1. The molecular weight excluding hydrogens is 466 g/mol. The molecule has 1 aliphatic heterocycles. The molecular formula is C23H21ClF2N6O2. The molecule has 0 saturated carbocycles. The molecule has 11 heteroatoms. The summed E-state index contributed by atoms with van der Waals surface area (Å²) in [6.07, 6.45) is 4.42. The van der Waals surface area contributed by atoms with Gasteiger partial charge in [-0.1, -0.05) is 18.5 Å². The minimum atomic E-state index is -0.960. The second-order valence-corrected chi connectivity index (χ2v) is 8.73. The number of anilines is 1. The summed E-state index contributed by atoms with van der Waals surface area (Å²) >= 11 is 6.01. The van der Waals surface area contributed by atoms with Crippen LogP contribution in [0, 0.1) is 17.6 Å². The van der Waals surface area contributed by atoms with Gasteiger partial charge in [0, 0.05) is 36.3 Å². The number of aromatic nitrogens is 4. The predicted molar refractivity (Wildman–Crippen MR) is 122 cm³/mol. The molecule has 0 spiro atoms. The van der Waals surface area contributed by atoms with Crippen LogP contribution in [-0.4, -0.2) is 49.9 Å². The van der Waals surface area contributed by atoms with Crippen LogP contribution < -0.4 is 5.32 Å². The lowest BCUT2D eigenvalue weighted by Gasteiger charge is -2.40. The minimum absolute atomic E-state index is 0.0479. The van der Waals surface area contributed by atoms with E-state index in [9.17, 15) is 13.6 Å². The molecule has 0 aliphatic carbocycles. The Hall–Kier alpha value is -3.53. The fourth-order valence-corrected chi connectivity index (χ4v) is 4.55. The van der Waals surface area contributed by atoms with Gasteiger partial charge in [0.25, 0.3) is 11.9 Å². The van der Waals surface area contributed by atoms with Gasteiger partial charge < -0.3 is 14.6 Å². The first-order chi connectivity index (χ1) is 16.4. The van der Waals surface area contributed by atoms with E-state index in [2.05, 4.69) is 20.5 Å². The van der Waals surface area contributed by atoms with Crippen molar-refractivity contribution in [3.8, 4) is 5.69 Å². The lowest BCUT2D eigenvalue weighted by atomic mass is 9.90. The maximum absolute atomic E-state index is 14.9. The number of rotatable bonds is 5. The van der Waals surface area contributed by atoms with Crippen molar-refractivity contribution in [3.63, 3.8) is 0 Å². The van der Waals surface area contributed by atoms with E-state index < -0.39 is 17.5 Å². The summed E-state index contributed by atoms with van der Waals surface area (Å²) in [6, 6.07) is 6.94. The Labute approximate surface area is 198 Å². The normalized spacial score (nSPS) is 18.4. The van der Waals surface area contributed by atoms with Gasteiger partial charge in [0.05, 0.1) is 18.4 Å². The van der Waals surface area contributed by atoms with Crippen molar-refractivity contribution in [1.82, 2.24) is 24.9 Å². The summed E-state index contributed by atoms with van der Waals surface area (Å²) in [5, 5.41) is 11.6. The van der Waals surface area contributed by atoms with Crippen molar-refractivity contribution in [2.24, 2.45) is 5.92 Å². The van der Waals surface area contributed by atoms with Crippen LogP contribution >= 0.6 is 11.6 Å². The SMILES string of the molecule is CC1CCCN(C(=O)c2c(F)cc(F)cc2-n2nccn2)C1CNc1nc2ccc(Cl)cc2o1. The van der Waals surface area contributed by atoms with Gasteiger partial charge in [0.2, 0.25) is 0 Å². The fraction of sp³-hybridized carbons (Fsp3) is 0.304. The van der Waals surface area contributed by atoms with Crippen LogP contribution in [0.25, 0.3) is 16.8 Å². The maximum atomic E-state index is 14.9. The highest BCUT2D eigenvalue weighted by molar-refractivity contribution is 6.31. The second-order valence-electron chi connectivity index (χ2n) is 8.30. The highest BCUT2D eigenvalue weighted by Crippen LogP contribution is 2.29. The summed E-state index contributed by atoms with van der Waals surface area (Å²) in [6.45, 7) is 2.81. The average Bonchev–Trinajstić information content (AvgIpc) is 3.47. The number of hydrogen-bond acceptors (Lipinski definition) is 6. The predicted octanol–water partition coefficient (Wildman–Crippen LogP) is 4.69. The number of amides is 1. The Morgan fingerprint density at radius 3 is 2.82 bits per heavy atom. The molecule has 5 rings (SSSR count). The number of oxazole rings is 1. The van der Waals surface area contributed by atoms with E-state index in [1.165, 1.54) is 12.4 Å². The van der Waals surface area contributed by atoms with Gasteiger partial charge >= 0.3 is 0 Å². The summed E-state index contributed by atoms with van der Waals surface area (Å²) in [4.78, 5) is 20.7. The van der Waals surface area contributed by atoms with Crippen LogP contribution in [0.3, 0.4) is 0 Å². The molecule has 1 aliphatic rings. The van der Waals surface area contributed by atoms with E-state index in [1.54, 1.807) is 23.1 Å². The number of carbonyl (C=O) groups is 1. The number of fused-ring (bicyclic) bond motifs is 1. The van der Waals surface area contributed by atoms with Crippen molar-refractivity contribution < 1.29 is 18.0 Å². The van der Waals surface area contributed by atoms with Crippen molar-refractivity contribution in [3.05, 3.63) is 64.9 Å². The molecule has 1 fully saturated rings. The van der Waals surface area contributed by atoms with Gasteiger partial charge in [-0.2, -0.15) is 20.0 Å². The third kappa shape index (κ3) is 4.21. The van der Waals surface area contributed by atoms with Crippen LogP contribution in [0.1, 0.15) is 30.1 Å². The molecule has 4 aromatic rings. The van der Waals surface area contributed by atoms with Gasteiger partial charge in [-0.15, -0.1) is 0 Å². The van der Waals surface area contributed by atoms with E-state index in [0.29, 0.717) is 41.3 Å². The Bertz CT molecular complexity index is 1340. The minimum Gasteiger partial charge on any atom is -0.424 e. The first kappa shape index (κ1) is 22.3. The maximum Gasteiger partial charge on any atom is 0.295 e. The van der Waals surface area contributed by atoms with Gasteiger partial charge in [-0.25, -0.2) is 8.78 Å². The van der Waals surface area contributed by atoms with Crippen molar-refractivity contribution in [2.45, 2.75) is 25.8 Å². The Morgan fingerprint density at radius 2 is 2.03 bits per heavy atom. The summed E-state index contributed by atoms with van der Waals surface area (Å²) < 4.78 is 34.6. The molecule has 8 nitrogen and oxygen atoms in total. The summed E-state index contributed by atoms with van der Waals surface area (Å²) in [7, 11) is 0. The molecule has 2 aromatic carbocycles. The fourth-order valence-electron chi connectivity index (χ4n) is 4.39. The zero-order chi connectivity index (χ0) is 23.8. The Kier molecular flexibility index (Phi) is 5.91. The van der Waals surface area contributed by atoms with Gasteiger partial charge in [-0.05, 0) is 30.9 Å². The van der Waals surface area contributed by atoms with Crippen LogP contribution in [0.5, 0.6) is 0 Å². The van der Waals surface area contributed by atoms with Crippen LogP contribution in [0.15, 0.2) is 47.1 Å². The molecule has 176 valence electrons. The molecule has 2 aromatic heterocycles. The van der Waals surface area contributed by atoms with Gasteiger partial charge in [-0.3, -0.25) is 4.79 Å². The number of carbonyl (C=O) groups excluding carboxylic acids is 1. The molecule has 34 heavy (non-hydrogen) atoms. The third-order valence-electron chi connectivity index (χ3n) is 6.07. The number of nitrogens with one attached hydrogen (secondary N) is 1. The van der Waals surface area contributed by atoms with Crippen molar-refractivity contribution in [1.29, 1.82) is 0 Å². The first-order valence-electron chi connectivity index (χ1n) is 10.9. The first-order valence-corrected chi connectivity index (χ1v) is 11.2. The van der Waals surface area contributed by atoms with Crippen LogP contribution in [0.4, 0.5) is 14.8 Å². The summed E-state index contributed by atoms with van der Waals surface area (Å²) in [5.74, 6) is -2.20. The molecule has 1 saturated heterocycles. The zero-order valence-corrected chi connectivity index (χ0v) is 19.0.